The molecule has 27 heavy (non-hydrogen) atoms. The highest BCUT2D eigenvalue weighted by Crippen LogP contribution is 2.27. The van der Waals surface area contributed by atoms with Crippen molar-refractivity contribution in [2.75, 3.05) is 5.32 Å². The maximum atomic E-state index is 5.37. The molecule has 2 heterocycles. The van der Waals surface area contributed by atoms with Crippen LogP contribution in [0.5, 0.6) is 0 Å². The smallest absolute Gasteiger partial charge is 0.124 e. The Bertz CT molecular complexity index is 1040. The second kappa shape index (κ2) is 7.16. The fourth-order valence-electron chi connectivity index (χ4n) is 3.12. The van der Waals surface area contributed by atoms with Gasteiger partial charge < -0.3 is 9.73 Å². The van der Waals surface area contributed by atoms with Crippen LogP contribution in [-0.2, 0) is 13.6 Å². The van der Waals surface area contributed by atoms with Gasteiger partial charge in [-0.3, -0.25) is 4.68 Å². The maximum Gasteiger partial charge on any atom is 0.124 e. The number of furan rings is 1. The number of hydrogen-bond donors (Lipinski definition) is 1. The van der Waals surface area contributed by atoms with Gasteiger partial charge in [0, 0.05) is 18.7 Å². The lowest BCUT2D eigenvalue weighted by molar-refractivity contribution is 0.517. The Morgan fingerprint density at radius 1 is 0.889 bits per heavy atom. The monoisotopic (exact) mass is 357 g/mol. The van der Waals surface area contributed by atoms with E-state index in [2.05, 4.69) is 72.8 Å². The molecule has 0 bridgehead atoms. The van der Waals surface area contributed by atoms with Crippen LogP contribution in [0, 0.1) is 13.8 Å². The topological polar surface area (TPSA) is 43.0 Å². The molecule has 0 aliphatic heterocycles. The highest BCUT2D eigenvalue weighted by atomic mass is 16.3. The number of rotatable bonds is 5. The van der Waals surface area contributed by atoms with Crippen LogP contribution in [0.25, 0.3) is 22.4 Å². The first-order valence-electron chi connectivity index (χ1n) is 9.08. The average molecular weight is 357 g/mol. The molecular formula is C23H23N3O. The molecule has 0 saturated heterocycles. The molecule has 4 aromatic rings. The third kappa shape index (κ3) is 3.65. The summed E-state index contributed by atoms with van der Waals surface area (Å²) >= 11 is 0. The van der Waals surface area contributed by atoms with Gasteiger partial charge >= 0.3 is 0 Å². The fourth-order valence-corrected chi connectivity index (χ4v) is 3.12. The lowest BCUT2D eigenvalue weighted by Gasteiger charge is -2.06. The predicted molar refractivity (Wildman–Crippen MR) is 110 cm³/mol. The minimum Gasteiger partial charge on any atom is -0.467 e. The van der Waals surface area contributed by atoms with Crippen molar-refractivity contribution in [3.05, 3.63) is 83.8 Å². The van der Waals surface area contributed by atoms with E-state index in [4.69, 9.17) is 4.42 Å². The second-order valence-electron chi connectivity index (χ2n) is 6.85. The van der Waals surface area contributed by atoms with Gasteiger partial charge in [-0.25, -0.2) is 0 Å². The van der Waals surface area contributed by atoms with Crippen LogP contribution >= 0.6 is 0 Å². The highest BCUT2D eigenvalue weighted by Gasteiger charge is 2.08. The van der Waals surface area contributed by atoms with E-state index in [0.717, 1.165) is 22.8 Å². The number of benzene rings is 2. The Morgan fingerprint density at radius 2 is 1.63 bits per heavy atom. The van der Waals surface area contributed by atoms with Gasteiger partial charge in [0.15, 0.2) is 0 Å². The summed E-state index contributed by atoms with van der Waals surface area (Å²) in [5.41, 5.74) is 7.14. The van der Waals surface area contributed by atoms with Gasteiger partial charge in [-0.05, 0) is 48.2 Å². The SMILES string of the molecule is Cc1ccc(-c2ccc(-c3cc(NCc4ccco4)n(C)n3)cc2)cc1C. The van der Waals surface area contributed by atoms with Crippen molar-refractivity contribution in [2.45, 2.75) is 20.4 Å². The van der Waals surface area contributed by atoms with Gasteiger partial charge in [0.1, 0.15) is 11.6 Å². The van der Waals surface area contributed by atoms with Crippen molar-refractivity contribution in [3.63, 3.8) is 0 Å². The number of hydrogen-bond acceptors (Lipinski definition) is 3. The summed E-state index contributed by atoms with van der Waals surface area (Å²) in [5.74, 6) is 1.86. The molecule has 0 aliphatic carbocycles. The maximum absolute atomic E-state index is 5.37. The molecule has 4 rings (SSSR count). The molecule has 4 heteroatoms. The van der Waals surface area contributed by atoms with E-state index in [-0.39, 0.29) is 0 Å². The molecule has 0 unspecified atom stereocenters. The van der Waals surface area contributed by atoms with Gasteiger partial charge in [-0.15, -0.1) is 0 Å². The first-order chi connectivity index (χ1) is 13.1. The van der Waals surface area contributed by atoms with Crippen molar-refractivity contribution in [1.29, 1.82) is 0 Å². The molecule has 136 valence electrons. The molecular weight excluding hydrogens is 334 g/mol. The first kappa shape index (κ1) is 17.2. The van der Waals surface area contributed by atoms with E-state index in [1.165, 1.54) is 22.3 Å². The molecule has 0 aliphatic rings. The van der Waals surface area contributed by atoms with E-state index in [1.54, 1.807) is 6.26 Å². The molecule has 0 atom stereocenters. The molecule has 0 radical (unpaired) electrons. The van der Waals surface area contributed by atoms with Crippen LogP contribution in [0.2, 0.25) is 0 Å². The standard InChI is InChI=1S/C23H23N3O/c1-16-6-7-20(13-17(16)2)18-8-10-19(11-9-18)22-14-23(26(3)25-22)24-15-21-5-4-12-27-21/h4-14,24H,15H2,1-3H3. The normalized spacial score (nSPS) is 10.9. The molecule has 0 saturated carbocycles. The molecule has 4 nitrogen and oxygen atoms in total. The van der Waals surface area contributed by atoms with Crippen LogP contribution in [-0.4, -0.2) is 9.78 Å². The first-order valence-corrected chi connectivity index (χ1v) is 9.08. The summed E-state index contributed by atoms with van der Waals surface area (Å²) in [4.78, 5) is 0. The van der Waals surface area contributed by atoms with Crippen molar-refractivity contribution >= 4 is 5.82 Å². The zero-order valence-electron chi connectivity index (χ0n) is 15.9. The summed E-state index contributed by atoms with van der Waals surface area (Å²) in [6, 6.07) is 21.1. The molecule has 2 aromatic carbocycles. The van der Waals surface area contributed by atoms with Gasteiger partial charge in [-0.1, -0.05) is 42.5 Å². The van der Waals surface area contributed by atoms with Crippen molar-refractivity contribution in [3.8, 4) is 22.4 Å². The Balaban J connectivity index is 1.53. The van der Waals surface area contributed by atoms with Gasteiger partial charge in [-0.2, -0.15) is 5.10 Å². The van der Waals surface area contributed by atoms with Crippen LogP contribution < -0.4 is 5.32 Å². The lowest BCUT2D eigenvalue weighted by Crippen LogP contribution is -2.03. The number of nitrogens with one attached hydrogen (secondary N) is 1. The summed E-state index contributed by atoms with van der Waals surface area (Å²) in [6.45, 7) is 4.93. The molecule has 0 spiro atoms. The summed E-state index contributed by atoms with van der Waals surface area (Å²) < 4.78 is 7.22. The van der Waals surface area contributed by atoms with Crippen LogP contribution in [0.15, 0.2) is 71.3 Å². The number of aromatic nitrogens is 2. The van der Waals surface area contributed by atoms with E-state index in [0.29, 0.717) is 6.54 Å². The third-order valence-electron chi connectivity index (χ3n) is 4.92. The Labute approximate surface area is 159 Å². The van der Waals surface area contributed by atoms with Gasteiger partial charge in [0.2, 0.25) is 0 Å². The van der Waals surface area contributed by atoms with Crippen LogP contribution in [0.4, 0.5) is 5.82 Å². The fraction of sp³-hybridized carbons (Fsp3) is 0.174. The number of nitrogens with zero attached hydrogens (tertiary/aromatic N) is 2. The molecule has 2 aromatic heterocycles. The van der Waals surface area contributed by atoms with E-state index in [1.807, 2.05) is 23.9 Å². The number of aryl methyl sites for hydroxylation is 3. The molecule has 0 amide bonds. The summed E-state index contributed by atoms with van der Waals surface area (Å²) in [6.07, 6.45) is 1.68. The zero-order valence-corrected chi connectivity index (χ0v) is 15.9. The van der Waals surface area contributed by atoms with Gasteiger partial charge in [0.05, 0.1) is 18.5 Å². The van der Waals surface area contributed by atoms with E-state index in [9.17, 15) is 0 Å². The predicted octanol–water partition coefficient (Wildman–Crippen LogP) is 5.58. The quantitative estimate of drug-likeness (QED) is 0.507. The van der Waals surface area contributed by atoms with Gasteiger partial charge in [0.25, 0.3) is 0 Å². The van der Waals surface area contributed by atoms with Crippen LogP contribution in [0.3, 0.4) is 0 Å². The van der Waals surface area contributed by atoms with Crippen molar-refractivity contribution in [2.24, 2.45) is 7.05 Å². The Morgan fingerprint density at radius 3 is 2.33 bits per heavy atom. The van der Waals surface area contributed by atoms with Crippen molar-refractivity contribution < 1.29 is 4.42 Å². The number of anilines is 1. The summed E-state index contributed by atoms with van der Waals surface area (Å²) in [5, 5.41) is 7.99. The Kier molecular flexibility index (Phi) is 4.55. The van der Waals surface area contributed by atoms with Crippen LogP contribution in [0.1, 0.15) is 16.9 Å². The van der Waals surface area contributed by atoms with E-state index < -0.39 is 0 Å². The minimum absolute atomic E-state index is 0.637. The summed E-state index contributed by atoms with van der Waals surface area (Å²) in [7, 11) is 1.94. The largest absolute Gasteiger partial charge is 0.467 e. The molecule has 1 N–H and O–H groups in total. The van der Waals surface area contributed by atoms with E-state index >= 15 is 0 Å². The zero-order chi connectivity index (χ0) is 18.8. The minimum atomic E-state index is 0.637. The van der Waals surface area contributed by atoms with Crippen molar-refractivity contribution in [1.82, 2.24) is 9.78 Å². The highest BCUT2D eigenvalue weighted by molar-refractivity contribution is 5.70. The average Bonchev–Trinajstić information content (AvgIpc) is 3.32. The lowest BCUT2D eigenvalue weighted by atomic mass is 9.99. The third-order valence-corrected chi connectivity index (χ3v) is 4.92. The molecule has 0 fully saturated rings. The second-order valence-corrected chi connectivity index (χ2v) is 6.85. The Hall–Kier alpha value is -3.27.